The Kier molecular flexibility index (Phi) is 3.96. The van der Waals surface area contributed by atoms with Crippen LogP contribution in [0.5, 0.6) is 0 Å². The lowest BCUT2D eigenvalue weighted by atomic mass is 9.95. The minimum absolute atomic E-state index is 0.00261. The first kappa shape index (κ1) is 14.1. The molecule has 0 aliphatic carbocycles. The third-order valence-corrected chi connectivity index (χ3v) is 3.97. The molecule has 2 rings (SSSR count). The number of non-ortho nitro benzene ring substituents is 1. The second-order valence-corrected chi connectivity index (χ2v) is 5.54. The van der Waals surface area contributed by atoms with Crippen molar-refractivity contribution in [2.24, 2.45) is 5.92 Å². The van der Waals surface area contributed by atoms with Crippen LogP contribution in [0, 0.1) is 23.0 Å². The molecule has 0 spiro atoms. The first-order valence-electron chi connectivity index (χ1n) is 6.27. The van der Waals surface area contributed by atoms with Crippen molar-refractivity contribution < 1.29 is 10.0 Å². The predicted molar refractivity (Wildman–Crippen MR) is 74.8 cm³/mol. The van der Waals surface area contributed by atoms with Crippen LogP contribution in [0.1, 0.15) is 18.9 Å². The Hall–Kier alpha value is -1.33. The summed E-state index contributed by atoms with van der Waals surface area (Å²) in [7, 11) is 0. The summed E-state index contributed by atoms with van der Waals surface area (Å²) in [5.41, 5.74) is 1.55. The van der Waals surface area contributed by atoms with Crippen molar-refractivity contribution in [3.8, 4) is 0 Å². The van der Waals surface area contributed by atoms with Crippen molar-refractivity contribution in [1.82, 2.24) is 0 Å². The summed E-state index contributed by atoms with van der Waals surface area (Å²) in [4.78, 5) is 12.3. The third kappa shape index (κ3) is 2.82. The molecule has 6 heteroatoms. The zero-order valence-corrected chi connectivity index (χ0v) is 11.7. The van der Waals surface area contributed by atoms with Gasteiger partial charge in [0.25, 0.3) is 5.69 Å². The Bertz CT molecular complexity index is 484. The smallest absolute Gasteiger partial charge is 0.271 e. The molecule has 1 N–H and O–H groups in total. The van der Waals surface area contributed by atoms with E-state index in [-0.39, 0.29) is 17.7 Å². The molecule has 1 heterocycles. The minimum atomic E-state index is -0.449. The van der Waals surface area contributed by atoms with E-state index in [1.54, 1.807) is 6.92 Å². The van der Waals surface area contributed by atoms with Gasteiger partial charge in [0.1, 0.15) is 0 Å². The molecule has 2 atom stereocenters. The number of benzene rings is 1. The van der Waals surface area contributed by atoms with Gasteiger partial charge >= 0.3 is 0 Å². The molecule has 1 fully saturated rings. The van der Waals surface area contributed by atoms with Gasteiger partial charge in [0.15, 0.2) is 0 Å². The number of rotatable bonds is 2. The Balaban J connectivity index is 2.33. The molecule has 1 aromatic rings. The maximum atomic E-state index is 10.8. The maximum Gasteiger partial charge on any atom is 0.271 e. The molecule has 0 radical (unpaired) electrons. The first-order chi connectivity index (χ1) is 8.90. The minimum Gasteiger partial charge on any atom is -0.391 e. The van der Waals surface area contributed by atoms with Gasteiger partial charge in [-0.2, -0.15) is 0 Å². The van der Waals surface area contributed by atoms with Gasteiger partial charge in [-0.05, 0) is 24.8 Å². The van der Waals surface area contributed by atoms with E-state index in [1.165, 1.54) is 12.1 Å². The van der Waals surface area contributed by atoms with Crippen LogP contribution >= 0.6 is 11.6 Å². The SMILES string of the molecule is Cc1cc([N+](=O)[O-])cc(Cl)c1N1CCC(C)C(O)C1. The molecule has 1 aliphatic rings. The van der Waals surface area contributed by atoms with Crippen LogP contribution in [0.4, 0.5) is 11.4 Å². The molecule has 5 nitrogen and oxygen atoms in total. The van der Waals surface area contributed by atoms with Crippen molar-refractivity contribution in [1.29, 1.82) is 0 Å². The number of aliphatic hydroxyl groups is 1. The number of piperidine rings is 1. The molecule has 0 amide bonds. The molecule has 0 aromatic heterocycles. The fourth-order valence-corrected chi connectivity index (χ4v) is 2.86. The van der Waals surface area contributed by atoms with Crippen LogP contribution in [0.2, 0.25) is 5.02 Å². The van der Waals surface area contributed by atoms with Gasteiger partial charge in [0.2, 0.25) is 0 Å². The van der Waals surface area contributed by atoms with Gasteiger partial charge in [-0.3, -0.25) is 10.1 Å². The zero-order chi connectivity index (χ0) is 14.2. The molecule has 1 saturated heterocycles. The monoisotopic (exact) mass is 284 g/mol. The van der Waals surface area contributed by atoms with Crippen LogP contribution in [-0.4, -0.2) is 29.2 Å². The van der Waals surface area contributed by atoms with Gasteiger partial charge in [-0.1, -0.05) is 18.5 Å². The highest BCUT2D eigenvalue weighted by Crippen LogP contribution is 2.35. The highest BCUT2D eigenvalue weighted by atomic mass is 35.5. The lowest BCUT2D eigenvalue weighted by Crippen LogP contribution is -2.43. The number of β-amino-alcohol motifs (C(OH)–C–C–N with tert-alkyl or cyclic N) is 1. The maximum absolute atomic E-state index is 10.8. The van der Waals surface area contributed by atoms with Gasteiger partial charge in [0, 0.05) is 25.2 Å². The molecular formula is C13H17ClN2O3. The van der Waals surface area contributed by atoms with Gasteiger partial charge in [0.05, 0.1) is 21.7 Å². The molecule has 0 saturated carbocycles. The lowest BCUT2D eigenvalue weighted by Gasteiger charge is -2.37. The number of nitro benzene ring substituents is 1. The van der Waals surface area contributed by atoms with Crippen LogP contribution in [0.3, 0.4) is 0 Å². The van der Waals surface area contributed by atoms with Crippen molar-refractivity contribution in [3.05, 3.63) is 32.8 Å². The fourth-order valence-electron chi connectivity index (χ4n) is 2.48. The highest BCUT2D eigenvalue weighted by molar-refractivity contribution is 6.33. The summed E-state index contributed by atoms with van der Waals surface area (Å²) < 4.78 is 0. The number of nitro groups is 1. The normalized spacial score (nSPS) is 23.5. The van der Waals surface area contributed by atoms with Crippen molar-refractivity contribution in [2.75, 3.05) is 18.0 Å². The lowest BCUT2D eigenvalue weighted by molar-refractivity contribution is -0.384. The first-order valence-corrected chi connectivity index (χ1v) is 6.65. The second kappa shape index (κ2) is 5.35. The summed E-state index contributed by atoms with van der Waals surface area (Å²) in [6, 6.07) is 2.89. The summed E-state index contributed by atoms with van der Waals surface area (Å²) in [6.45, 7) is 5.14. The standard InChI is InChI=1S/C13H17ClN2O3/c1-8-3-4-15(7-12(8)17)13-9(2)5-10(16(18)19)6-11(13)14/h5-6,8,12,17H,3-4,7H2,1-2H3. The van der Waals surface area contributed by atoms with Crippen LogP contribution in [0.15, 0.2) is 12.1 Å². The van der Waals surface area contributed by atoms with Crippen LogP contribution in [0.25, 0.3) is 0 Å². The van der Waals surface area contributed by atoms with E-state index in [1.807, 2.05) is 11.8 Å². The van der Waals surface area contributed by atoms with E-state index in [9.17, 15) is 15.2 Å². The Morgan fingerprint density at radius 2 is 2.21 bits per heavy atom. The number of halogens is 1. The topological polar surface area (TPSA) is 66.6 Å². The molecular weight excluding hydrogens is 268 g/mol. The number of nitrogens with zero attached hydrogens (tertiary/aromatic N) is 2. The molecule has 19 heavy (non-hydrogen) atoms. The Morgan fingerprint density at radius 1 is 1.53 bits per heavy atom. The number of hydrogen-bond acceptors (Lipinski definition) is 4. The van der Waals surface area contributed by atoms with E-state index in [4.69, 9.17) is 11.6 Å². The van der Waals surface area contributed by atoms with E-state index in [0.29, 0.717) is 11.6 Å². The molecule has 1 aliphatic heterocycles. The van der Waals surface area contributed by atoms with E-state index < -0.39 is 4.92 Å². The van der Waals surface area contributed by atoms with E-state index in [0.717, 1.165) is 24.2 Å². The van der Waals surface area contributed by atoms with Crippen molar-refractivity contribution >= 4 is 23.0 Å². The summed E-state index contributed by atoms with van der Waals surface area (Å²) in [6.07, 6.45) is 0.493. The molecule has 104 valence electrons. The summed E-state index contributed by atoms with van der Waals surface area (Å²) >= 11 is 6.17. The number of anilines is 1. The molecule has 1 aromatic carbocycles. The predicted octanol–water partition coefficient (Wildman–Crippen LogP) is 2.76. The summed E-state index contributed by atoms with van der Waals surface area (Å²) in [5, 5.41) is 21.1. The van der Waals surface area contributed by atoms with Crippen molar-refractivity contribution in [3.63, 3.8) is 0 Å². The van der Waals surface area contributed by atoms with Gasteiger partial charge in [-0.15, -0.1) is 0 Å². The number of aliphatic hydroxyl groups excluding tert-OH is 1. The Morgan fingerprint density at radius 3 is 2.74 bits per heavy atom. The number of hydrogen-bond donors (Lipinski definition) is 1. The average molecular weight is 285 g/mol. The molecule has 0 bridgehead atoms. The van der Waals surface area contributed by atoms with Crippen LogP contribution < -0.4 is 4.90 Å². The largest absolute Gasteiger partial charge is 0.391 e. The average Bonchev–Trinajstić information content (AvgIpc) is 2.32. The number of aryl methyl sites for hydroxylation is 1. The second-order valence-electron chi connectivity index (χ2n) is 5.13. The van der Waals surface area contributed by atoms with Crippen LogP contribution in [-0.2, 0) is 0 Å². The van der Waals surface area contributed by atoms with E-state index in [2.05, 4.69) is 0 Å². The zero-order valence-electron chi connectivity index (χ0n) is 11.0. The van der Waals surface area contributed by atoms with Gasteiger partial charge < -0.3 is 10.0 Å². The quantitative estimate of drug-likeness (QED) is 0.670. The highest BCUT2D eigenvalue weighted by Gasteiger charge is 2.27. The van der Waals surface area contributed by atoms with E-state index >= 15 is 0 Å². The summed E-state index contributed by atoms with van der Waals surface area (Å²) in [5.74, 6) is 0.272. The Labute approximate surface area is 116 Å². The third-order valence-electron chi connectivity index (χ3n) is 3.68. The molecule has 2 unspecified atom stereocenters. The van der Waals surface area contributed by atoms with Crippen molar-refractivity contribution in [2.45, 2.75) is 26.4 Å². The van der Waals surface area contributed by atoms with Gasteiger partial charge in [-0.25, -0.2) is 0 Å². The fraction of sp³-hybridized carbons (Fsp3) is 0.538.